The van der Waals surface area contributed by atoms with Gasteiger partial charge in [-0.05, 0) is 63.1 Å². The molecule has 0 spiro atoms. The number of hydrogen-bond donors (Lipinski definition) is 0. The van der Waals surface area contributed by atoms with Crippen molar-refractivity contribution < 1.29 is 18.9 Å². The smallest absolute Gasteiger partial charge is 0.495 e. The summed E-state index contributed by atoms with van der Waals surface area (Å²) in [4.78, 5) is 20.5. The van der Waals surface area contributed by atoms with Crippen LogP contribution in [0.4, 0.5) is 10.0 Å². The summed E-state index contributed by atoms with van der Waals surface area (Å²) in [5.74, 6) is 2.78. The van der Waals surface area contributed by atoms with Gasteiger partial charge in [-0.1, -0.05) is 35.6 Å². The zero-order chi connectivity index (χ0) is 38.1. The Bertz CT molecular complexity index is 2450. The van der Waals surface area contributed by atoms with E-state index >= 15 is 0 Å². The van der Waals surface area contributed by atoms with Crippen molar-refractivity contribution in [2.24, 2.45) is 21.8 Å². The van der Waals surface area contributed by atoms with E-state index in [-0.39, 0.29) is 23.5 Å². The van der Waals surface area contributed by atoms with Gasteiger partial charge >= 0.3 is 5.96 Å². The van der Waals surface area contributed by atoms with Crippen LogP contribution in [0.25, 0.3) is 40.3 Å². The molecule has 6 heterocycles. The number of nitriles is 2. The van der Waals surface area contributed by atoms with Crippen LogP contribution in [0.3, 0.4) is 0 Å². The molecule has 10 nitrogen and oxygen atoms in total. The first kappa shape index (κ1) is 35.3. The highest BCUT2D eigenvalue weighted by Gasteiger charge is 2.44. The fraction of sp³-hybridized carbons (Fsp3) is 0.250. The number of ether oxygens (including phenoxy) is 4. The van der Waals surface area contributed by atoms with Crippen LogP contribution in [0.15, 0.2) is 69.7 Å². The van der Waals surface area contributed by atoms with Gasteiger partial charge in [-0.3, -0.25) is 0 Å². The molecule has 2 aliphatic heterocycles. The van der Waals surface area contributed by atoms with Gasteiger partial charge in [-0.25, -0.2) is 14.7 Å². The summed E-state index contributed by atoms with van der Waals surface area (Å²) in [5, 5.41) is 19.5. The lowest BCUT2D eigenvalue weighted by atomic mass is 9.70. The highest BCUT2D eigenvalue weighted by atomic mass is 32.1. The van der Waals surface area contributed by atoms with Crippen molar-refractivity contribution in [3.05, 3.63) is 92.3 Å². The highest BCUT2D eigenvalue weighted by Crippen LogP contribution is 2.59. The maximum Gasteiger partial charge on any atom is 0.635 e. The molecular weight excluding hydrogens is 757 g/mol. The van der Waals surface area contributed by atoms with Gasteiger partial charge in [-0.15, -0.1) is 34.0 Å². The van der Waals surface area contributed by atoms with E-state index in [0.717, 1.165) is 63.1 Å². The van der Waals surface area contributed by atoms with Gasteiger partial charge in [0.05, 0.1) is 49.5 Å². The van der Waals surface area contributed by atoms with E-state index in [9.17, 15) is 10.5 Å². The predicted octanol–water partition coefficient (Wildman–Crippen LogP) is 11.2. The van der Waals surface area contributed by atoms with Gasteiger partial charge in [0, 0.05) is 35.0 Å². The summed E-state index contributed by atoms with van der Waals surface area (Å²) < 4.78 is 24.8. The van der Waals surface area contributed by atoms with Crippen LogP contribution in [0.5, 0.6) is 23.0 Å². The van der Waals surface area contributed by atoms with E-state index in [2.05, 4.69) is 71.7 Å². The predicted molar refractivity (Wildman–Crippen MR) is 216 cm³/mol. The van der Waals surface area contributed by atoms with E-state index in [1.54, 1.807) is 49.0 Å². The van der Waals surface area contributed by atoms with Crippen LogP contribution < -0.4 is 18.9 Å². The van der Waals surface area contributed by atoms with Gasteiger partial charge in [0.2, 0.25) is 5.71 Å². The Morgan fingerprint density at radius 1 is 0.685 bits per heavy atom. The van der Waals surface area contributed by atoms with Crippen molar-refractivity contribution in [2.75, 3.05) is 14.2 Å². The van der Waals surface area contributed by atoms with Gasteiger partial charge in [-0.2, -0.15) is 10.5 Å². The number of hydrogen-bond acceptors (Lipinski definition) is 12. The van der Waals surface area contributed by atoms with Crippen molar-refractivity contribution in [1.82, 2.24) is 0 Å². The highest BCUT2D eigenvalue weighted by molar-refractivity contribution is 7.25. The van der Waals surface area contributed by atoms with Crippen LogP contribution in [-0.2, 0) is 0 Å². The third-order valence-electron chi connectivity index (χ3n) is 9.48. The number of thiophene rings is 4. The first-order valence-electron chi connectivity index (χ1n) is 16.5. The fourth-order valence-corrected chi connectivity index (χ4v) is 11.6. The second-order valence-corrected chi connectivity index (χ2v) is 17.8. The van der Waals surface area contributed by atoms with Crippen molar-refractivity contribution in [3.63, 3.8) is 0 Å². The molecule has 4 aromatic rings. The van der Waals surface area contributed by atoms with E-state index in [1.807, 2.05) is 24.3 Å². The summed E-state index contributed by atoms with van der Waals surface area (Å²) in [6, 6.07) is 11.2. The van der Waals surface area contributed by atoms with Crippen molar-refractivity contribution in [2.45, 2.75) is 38.9 Å². The Morgan fingerprint density at radius 3 is 1.54 bits per heavy atom. The van der Waals surface area contributed by atoms with Crippen LogP contribution in [0.2, 0.25) is 0 Å². The van der Waals surface area contributed by atoms with Crippen molar-refractivity contribution in [3.8, 4) is 54.6 Å². The summed E-state index contributed by atoms with van der Waals surface area (Å²) in [6.07, 6.45) is 9.43. The van der Waals surface area contributed by atoms with Gasteiger partial charge in [0.25, 0.3) is 5.00 Å². The number of nitrogens with zero attached hydrogens (tertiary/aromatic N) is 6. The molecule has 0 N–H and O–H groups in total. The lowest BCUT2D eigenvalue weighted by Gasteiger charge is -2.42. The average molecular weight is 785 g/mol. The number of allylic oxidation sites excluding steroid dienone is 4. The standard InChI is InChI=1S/C40H28N6O4S4/c1-39(2)24-11-20-10-23-25(40(3,4)50-29-14-31(52-35(23)29)37-27(48-8)16-33(54-37)46-38(43-5)44-6)12-19(20)9-22(24)34-28(49-39)13-30(51-34)36-26(47-7)15-32(53-36)45-21(17-41)18-42/h9-16,19-20H,1-4,7-8H3. The Kier molecular flexibility index (Phi) is 8.49. The molecule has 266 valence electrons. The van der Waals surface area contributed by atoms with E-state index in [0.29, 0.717) is 21.5 Å². The van der Waals surface area contributed by atoms with Gasteiger partial charge in [0.15, 0.2) is 0 Å². The Morgan fingerprint density at radius 2 is 1.13 bits per heavy atom. The Labute approximate surface area is 327 Å². The molecule has 4 aromatic heterocycles. The average Bonchev–Trinajstić information content (AvgIpc) is 3.95. The SMILES string of the molecule is [C-]#[N+]C(=Nc1cc(OC)c(-c2cc3c(s2)C2=CC4C=C5C(=CC4C=C2C(C)(C)O3)c2sc(-c3sc(N=C(C#N)C#N)cc3OC)cc2OC5(C)C)s1)[N+]#[C-]. The number of fused-ring (bicyclic) bond motifs is 7. The first-order chi connectivity index (χ1) is 25.9. The minimum absolute atomic E-state index is 0.0863. The zero-order valence-corrected chi connectivity index (χ0v) is 33.0. The van der Waals surface area contributed by atoms with E-state index < -0.39 is 11.2 Å². The fourth-order valence-electron chi connectivity index (χ4n) is 7.11. The summed E-state index contributed by atoms with van der Waals surface area (Å²) in [7, 11) is 3.20. The molecular formula is C40H28N6O4S4. The molecule has 8 rings (SSSR count). The topological polar surface area (TPSA) is 118 Å². The monoisotopic (exact) mass is 784 g/mol. The molecule has 0 saturated carbocycles. The van der Waals surface area contributed by atoms with Crippen molar-refractivity contribution in [1.29, 1.82) is 10.5 Å². The number of aliphatic imine (C=N–C) groups is 2. The number of methoxy groups -OCH3 is 2. The molecule has 0 radical (unpaired) electrons. The minimum Gasteiger partial charge on any atom is -0.495 e. The third kappa shape index (κ3) is 5.76. The van der Waals surface area contributed by atoms with E-state index in [1.165, 1.54) is 22.7 Å². The molecule has 0 fully saturated rings. The normalized spacial score (nSPS) is 19.1. The Hall–Kier alpha value is -5.74. The van der Waals surface area contributed by atoms with Gasteiger partial charge in [0.1, 0.15) is 51.3 Å². The second kappa shape index (κ2) is 13.0. The van der Waals surface area contributed by atoms with Gasteiger partial charge < -0.3 is 18.9 Å². The quantitative estimate of drug-likeness (QED) is 0.109. The largest absolute Gasteiger partial charge is 0.635 e. The molecule has 14 heteroatoms. The molecule has 0 amide bonds. The molecule has 0 bridgehead atoms. The van der Waals surface area contributed by atoms with Crippen molar-refractivity contribution >= 4 is 78.2 Å². The molecule has 4 aliphatic rings. The maximum atomic E-state index is 9.23. The van der Waals surface area contributed by atoms with Crippen LogP contribution in [0.1, 0.15) is 37.4 Å². The molecule has 2 aliphatic carbocycles. The minimum atomic E-state index is -0.597. The number of guanidine groups is 1. The lowest BCUT2D eigenvalue weighted by molar-refractivity contribution is 0.145. The molecule has 2 atom stereocenters. The summed E-state index contributed by atoms with van der Waals surface area (Å²) in [6.45, 7) is 22.9. The van der Waals surface area contributed by atoms with E-state index in [4.69, 9.17) is 32.1 Å². The van der Waals surface area contributed by atoms with Crippen LogP contribution in [0, 0.1) is 47.6 Å². The summed E-state index contributed by atoms with van der Waals surface area (Å²) >= 11 is 6.00. The third-order valence-corrected chi connectivity index (χ3v) is 14.2. The molecule has 0 aromatic carbocycles. The van der Waals surface area contributed by atoms with Crippen LogP contribution in [-0.4, -0.2) is 37.1 Å². The number of rotatable bonds is 6. The lowest BCUT2D eigenvalue weighted by Crippen LogP contribution is -2.39. The first-order valence-corrected chi connectivity index (χ1v) is 19.8. The molecule has 0 saturated heterocycles. The zero-order valence-electron chi connectivity index (χ0n) is 29.7. The molecule has 54 heavy (non-hydrogen) atoms. The summed E-state index contributed by atoms with van der Waals surface area (Å²) in [5.41, 5.74) is 3.15. The second-order valence-electron chi connectivity index (χ2n) is 13.6. The maximum absolute atomic E-state index is 9.23. The Balaban J connectivity index is 1.18. The van der Waals surface area contributed by atoms with Crippen LogP contribution >= 0.6 is 45.3 Å². The molecule has 2 unspecified atom stereocenters.